The SMILES string of the molecule is CC(=O)O[Si]12OCCN(CCO1)CCO2. The van der Waals surface area contributed by atoms with Crippen molar-refractivity contribution in [3.63, 3.8) is 0 Å². The second kappa shape index (κ2) is 4.58. The maximum Gasteiger partial charge on any atom is 0.751 e. The summed E-state index contributed by atoms with van der Waals surface area (Å²) in [5.74, 6) is -0.417. The molecule has 3 saturated heterocycles. The Kier molecular flexibility index (Phi) is 3.37. The van der Waals surface area contributed by atoms with Gasteiger partial charge in [-0.05, 0) is 0 Å². The van der Waals surface area contributed by atoms with E-state index in [1.54, 1.807) is 0 Å². The van der Waals surface area contributed by atoms with E-state index in [2.05, 4.69) is 4.90 Å². The molecule has 0 unspecified atom stereocenters. The monoisotopic (exact) mass is 233 g/mol. The van der Waals surface area contributed by atoms with Crippen molar-refractivity contribution in [1.29, 1.82) is 0 Å². The number of fused-ring (bicyclic) bond motifs is 6. The molecular formula is C8H15NO5Si. The van der Waals surface area contributed by atoms with Gasteiger partial charge in [-0.25, -0.2) is 0 Å². The maximum absolute atomic E-state index is 11.0. The van der Waals surface area contributed by atoms with Crippen LogP contribution < -0.4 is 0 Å². The average molecular weight is 233 g/mol. The molecule has 0 N–H and O–H groups in total. The highest BCUT2D eigenvalue weighted by Gasteiger charge is 2.51. The molecule has 3 aliphatic heterocycles. The Hall–Kier alpha value is -0.473. The van der Waals surface area contributed by atoms with Crippen LogP contribution in [0.15, 0.2) is 0 Å². The normalized spacial score (nSPS) is 36.5. The van der Waals surface area contributed by atoms with Crippen molar-refractivity contribution in [2.75, 3.05) is 39.5 Å². The second-order valence-electron chi connectivity index (χ2n) is 3.48. The number of carbonyl (C=O) groups is 1. The van der Waals surface area contributed by atoms with Crippen molar-refractivity contribution in [3.8, 4) is 0 Å². The topological polar surface area (TPSA) is 57.2 Å². The minimum Gasteiger partial charge on any atom is -0.452 e. The molecule has 0 radical (unpaired) electrons. The lowest BCUT2D eigenvalue weighted by Crippen LogP contribution is -2.57. The summed E-state index contributed by atoms with van der Waals surface area (Å²) in [5.41, 5.74) is 0. The minimum atomic E-state index is -3.17. The van der Waals surface area contributed by atoms with Gasteiger partial charge < -0.3 is 17.7 Å². The van der Waals surface area contributed by atoms with E-state index in [0.717, 1.165) is 19.6 Å². The van der Waals surface area contributed by atoms with Gasteiger partial charge in [-0.3, -0.25) is 9.69 Å². The van der Waals surface area contributed by atoms with Crippen LogP contribution in [0.3, 0.4) is 0 Å². The Labute approximate surface area is 89.5 Å². The number of hydrogen-bond donors (Lipinski definition) is 0. The molecule has 3 rings (SSSR count). The molecule has 86 valence electrons. The molecule has 0 aromatic heterocycles. The van der Waals surface area contributed by atoms with Gasteiger partial charge in [-0.15, -0.1) is 0 Å². The first kappa shape index (κ1) is 11.0. The molecule has 3 fully saturated rings. The zero-order chi connectivity index (χ0) is 10.7. The summed E-state index contributed by atoms with van der Waals surface area (Å²) < 4.78 is 21.5. The molecule has 3 heterocycles. The van der Waals surface area contributed by atoms with Crippen LogP contribution in [0.1, 0.15) is 6.92 Å². The summed E-state index contributed by atoms with van der Waals surface area (Å²) in [6, 6.07) is 0. The van der Waals surface area contributed by atoms with Crippen LogP contribution in [0.5, 0.6) is 0 Å². The second-order valence-corrected chi connectivity index (χ2v) is 5.55. The Balaban J connectivity index is 2.08. The molecule has 0 aromatic rings. The van der Waals surface area contributed by atoms with Gasteiger partial charge >= 0.3 is 9.05 Å². The van der Waals surface area contributed by atoms with Gasteiger partial charge in [0.15, 0.2) is 0 Å². The highest BCUT2D eigenvalue weighted by molar-refractivity contribution is 6.55. The van der Waals surface area contributed by atoms with Crippen molar-refractivity contribution in [2.45, 2.75) is 6.92 Å². The zero-order valence-corrected chi connectivity index (χ0v) is 9.73. The van der Waals surface area contributed by atoms with Crippen LogP contribution >= 0.6 is 0 Å². The van der Waals surface area contributed by atoms with Crippen LogP contribution in [-0.2, 0) is 22.5 Å². The average Bonchev–Trinajstić information content (AvgIpc) is 2.05. The predicted octanol–water partition coefficient (Wildman–Crippen LogP) is -0.636. The van der Waals surface area contributed by atoms with Gasteiger partial charge in [-0.1, -0.05) is 0 Å². The Bertz CT molecular complexity index is 223. The highest BCUT2D eigenvalue weighted by atomic mass is 28.4. The third kappa shape index (κ3) is 2.76. The quantitative estimate of drug-likeness (QED) is 0.562. The standard InChI is InChI=1S/C8H15NO5Si/c1-8(10)14-15-11-5-2-9(3-6-12-15)4-7-13-15/h2-7H2,1H3. The molecule has 0 amide bonds. The summed E-state index contributed by atoms with van der Waals surface area (Å²) in [6.07, 6.45) is 0. The van der Waals surface area contributed by atoms with E-state index in [1.165, 1.54) is 6.92 Å². The van der Waals surface area contributed by atoms with Crippen LogP contribution in [0.2, 0.25) is 0 Å². The Morgan fingerprint density at radius 3 is 2.00 bits per heavy atom. The molecule has 0 saturated carbocycles. The Morgan fingerprint density at radius 1 is 1.13 bits per heavy atom. The highest BCUT2D eigenvalue weighted by Crippen LogP contribution is 2.17. The first-order chi connectivity index (χ1) is 7.20. The lowest BCUT2D eigenvalue weighted by atomic mass is 10.4. The third-order valence-corrected chi connectivity index (χ3v) is 4.54. The maximum atomic E-state index is 11.0. The van der Waals surface area contributed by atoms with Gasteiger partial charge in [0.2, 0.25) is 0 Å². The molecule has 15 heavy (non-hydrogen) atoms. The number of hydrogen-bond acceptors (Lipinski definition) is 6. The molecule has 0 aromatic carbocycles. The van der Waals surface area contributed by atoms with Crippen LogP contribution in [0.4, 0.5) is 0 Å². The first-order valence-electron chi connectivity index (χ1n) is 5.04. The fraction of sp³-hybridized carbons (Fsp3) is 0.875. The number of nitrogens with zero attached hydrogens (tertiary/aromatic N) is 1. The van der Waals surface area contributed by atoms with E-state index >= 15 is 0 Å². The lowest BCUT2D eigenvalue weighted by molar-refractivity contribution is -0.145. The smallest absolute Gasteiger partial charge is 0.452 e. The van der Waals surface area contributed by atoms with Crippen LogP contribution in [0.25, 0.3) is 0 Å². The summed E-state index contributed by atoms with van der Waals surface area (Å²) in [5, 5.41) is 0. The fourth-order valence-electron chi connectivity index (χ4n) is 1.62. The van der Waals surface area contributed by atoms with E-state index in [-0.39, 0.29) is 0 Å². The zero-order valence-electron chi connectivity index (χ0n) is 8.73. The van der Waals surface area contributed by atoms with Crippen molar-refractivity contribution < 1.29 is 22.5 Å². The van der Waals surface area contributed by atoms with Gasteiger partial charge in [-0.2, -0.15) is 0 Å². The summed E-state index contributed by atoms with van der Waals surface area (Å²) in [7, 11) is -3.17. The molecule has 7 heteroatoms. The Morgan fingerprint density at radius 2 is 1.60 bits per heavy atom. The van der Waals surface area contributed by atoms with E-state index in [4.69, 9.17) is 17.7 Å². The summed E-state index contributed by atoms with van der Waals surface area (Å²) in [4.78, 5) is 13.2. The first-order valence-corrected chi connectivity index (χ1v) is 6.67. The molecule has 0 aliphatic carbocycles. The summed E-state index contributed by atoms with van der Waals surface area (Å²) in [6.45, 7) is 5.30. The van der Waals surface area contributed by atoms with E-state index in [1.807, 2.05) is 0 Å². The van der Waals surface area contributed by atoms with E-state index in [0.29, 0.717) is 19.8 Å². The van der Waals surface area contributed by atoms with Crippen molar-refractivity contribution in [2.24, 2.45) is 0 Å². The molecule has 0 atom stereocenters. The van der Waals surface area contributed by atoms with E-state index < -0.39 is 15.0 Å². The molecule has 0 spiro atoms. The number of carbonyl (C=O) groups excluding carboxylic acids is 1. The van der Waals surface area contributed by atoms with Crippen molar-refractivity contribution in [3.05, 3.63) is 0 Å². The predicted molar refractivity (Wildman–Crippen MR) is 51.8 cm³/mol. The van der Waals surface area contributed by atoms with Gasteiger partial charge in [0.1, 0.15) is 0 Å². The number of rotatable bonds is 1. The summed E-state index contributed by atoms with van der Waals surface area (Å²) >= 11 is 0. The van der Waals surface area contributed by atoms with Gasteiger partial charge in [0.05, 0.1) is 19.8 Å². The van der Waals surface area contributed by atoms with Crippen LogP contribution in [0, 0.1) is 0 Å². The lowest BCUT2D eigenvalue weighted by Gasteiger charge is -2.35. The van der Waals surface area contributed by atoms with Crippen LogP contribution in [-0.4, -0.2) is 59.4 Å². The van der Waals surface area contributed by atoms with Gasteiger partial charge in [0, 0.05) is 26.6 Å². The molecule has 6 nitrogen and oxygen atoms in total. The molecule has 2 bridgehead atoms. The van der Waals surface area contributed by atoms with E-state index in [9.17, 15) is 4.79 Å². The fourth-order valence-corrected chi connectivity index (χ4v) is 3.43. The van der Waals surface area contributed by atoms with Gasteiger partial charge in [0.25, 0.3) is 5.97 Å². The third-order valence-electron chi connectivity index (χ3n) is 2.33. The van der Waals surface area contributed by atoms with Crippen molar-refractivity contribution >= 4 is 15.0 Å². The minimum absolute atomic E-state index is 0.417. The van der Waals surface area contributed by atoms with Crippen molar-refractivity contribution in [1.82, 2.24) is 4.90 Å². The largest absolute Gasteiger partial charge is 0.751 e. The molecular weight excluding hydrogens is 218 g/mol. The molecule has 3 aliphatic rings.